The Balaban J connectivity index is 1.83. The zero-order chi connectivity index (χ0) is 20.1. The largest absolute Gasteiger partial charge is 0.444 e. The topological polar surface area (TPSA) is 51.2 Å². The summed E-state index contributed by atoms with van der Waals surface area (Å²) in [4.78, 5) is 16.4. The molecule has 144 valence electrons. The van der Waals surface area contributed by atoms with E-state index in [1.165, 1.54) is 11.1 Å². The highest BCUT2D eigenvalue weighted by molar-refractivity contribution is 5.75. The van der Waals surface area contributed by atoms with E-state index in [1.54, 1.807) is 6.20 Å². The number of nitrogens with one attached hydrogen (secondary N) is 1. The van der Waals surface area contributed by atoms with Crippen LogP contribution in [-0.2, 0) is 11.3 Å². The van der Waals surface area contributed by atoms with Crippen LogP contribution in [0.5, 0.6) is 0 Å². The number of hydrogen-bond acceptors (Lipinski definition) is 3. The van der Waals surface area contributed by atoms with Crippen molar-refractivity contribution in [2.24, 2.45) is 0 Å². The Morgan fingerprint density at radius 1 is 0.964 bits per heavy atom. The molecule has 3 rings (SSSR count). The van der Waals surface area contributed by atoms with Gasteiger partial charge in [0.1, 0.15) is 5.60 Å². The summed E-state index contributed by atoms with van der Waals surface area (Å²) in [5, 5.41) is 2.79. The van der Waals surface area contributed by atoms with Gasteiger partial charge >= 0.3 is 6.09 Å². The van der Waals surface area contributed by atoms with Gasteiger partial charge in [-0.3, -0.25) is 4.98 Å². The van der Waals surface area contributed by atoms with Crippen LogP contribution in [0, 0.1) is 6.92 Å². The second-order valence-electron chi connectivity index (χ2n) is 7.73. The summed E-state index contributed by atoms with van der Waals surface area (Å²) in [6.07, 6.45) is 1.34. The lowest BCUT2D eigenvalue weighted by Gasteiger charge is -2.20. The fourth-order valence-electron chi connectivity index (χ4n) is 3.04. The summed E-state index contributed by atoms with van der Waals surface area (Å²) in [7, 11) is 0. The molecule has 0 radical (unpaired) electrons. The number of carbonyl (C=O) groups excluding carboxylic acids is 1. The maximum absolute atomic E-state index is 11.9. The highest BCUT2D eigenvalue weighted by atomic mass is 16.6. The molecule has 28 heavy (non-hydrogen) atoms. The SMILES string of the molecule is Cc1c(-c2cccc(-c3ccccc3)c2)ccnc1CNC(=O)OC(C)(C)C. The van der Waals surface area contributed by atoms with E-state index >= 15 is 0 Å². The molecule has 1 N–H and O–H groups in total. The third kappa shape index (κ3) is 4.97. The van der Waals surface area contributed by atoms with Crippen LogP contribution >= 0.6 is 0 Å². The van der Waals surface area contributed by atoms with Crippen molar-refractivity contribution < 1.29 is 9.53 Å². The third-order valence-electron chi connectivity index (χ3n) is 4.39. The molecule has 0 atom stereocenters. The van der Waals surface area contributed by atoms with Gasteiger partial charge in [0, 0.05) is 6.20 Å². The number of carbonyl (C=O) groups is 1. The number of aromatic nitrogens is 1. The molecular weight excluding hydrogens is 348 g/mol. The summed E-state index contributed by atoms with van der Waals surface area (Å²) in [5.41, 5.74) is 5.93. The molecule has 1 amide bonds. The summed E-state index contributed by atoms with van der Waals surface area (Å²) in [5.74, 6) is 0. The van der Waals surface area contributed by atoms with E-state index in [0.29, 0.717) is 6.54 Å². The van der Waals surface area contributed by atoms with Gasteiger partial charge in [0.05, 0.1) is 12.2 Å². The van der Waals surface area contributed by atoms with Gasteiger partial charge in [0.2, 0.25) is 0 Å². The molecule has 0 saturated heterocycles. The van der Waals surface area contributed by atoms with Crippen LogP contribution in [0.3, 0.4) is 0 Å². The van der Waals surface area contributed by atoms with E-state index in [-0.39, 0.29) is 0 Å². The Kier molecular flexibility index (Phi) is 5.78. The number of hydrogen-bond donors (Lipinski definition) is 1. The molecule has 0 bridgehead atoms. The Bertz CT molecular complexity index is 960. The molecule has 0 unspecified atom stereocenters. The van der Waals surface area contributed by atoms with Crippen LogP contribution in [0.25, 0.3) is 22.3 Å². The van der Waals surface area contributed by atoms with E-state index in [0.717, 1.165) is 22.4 Å². The fraction of sp³-hybridized carbons (Fsp3) is 0.250. The Hall–Kier alpha value is -3.14. The Morgan fingerprint density at radius 3 is 2.36 bits per heavy atom. The molecule has 0 spiro atoms. The number of benzene rings is 2. The predicted molar refractivity (Wildman–Crippen MR) is 113 cm³/mol. The van der Waals surface area contributed by atoms with Crippen molar-refractivity contribution in [1.29, 1.82) is 0 Å². The first-order valence-corrected chi connectivity index (χ1v) is 9.41. The van der Waals surface area contributed by atoms with Gasteiger partial charge in [-0.1, -0.05) is 48.5 Å². The number of ether oxygens (including phenoxy) is 1. The van der Waals surface area contributed by atoms with Crippen molar-refractivity contribution in [2.75, 3.05) is 0 Å². The summed E-state index contributed by atoms with van der Waals surface area (Å²) in [6.45, 7) is 7.89. The molecule has 4 heteroatoms. The number of nitrogens with zero attached hydrogens (tertiary/aromatic N) is 1. The summed E-state index contributed by atoms with van der Waals surface area (Å²) >= 11 is 0. The number of rotatable bonds is 4. The molecular formula is C24H26N2O2. The van der Waals surface area contributed by atoms with Crippen molar-refractivity contribution in [3.8, 4) is 22.3 Å². The summed E-state index contributed by atoms with van der Waals surface area (Å²) in [6, 6.07) is 20.8. The zero-order valence-corrected chi connectivity index (χ0v) is 16.8. The molecule has 0 aliphatic rings. The maximum atomic E-state index is 11.9. The minimum atomic E-state index is -0.522. The lowest BCUT2D eigenvalue weighted by Crippen LogP contribution is -2.32. The maximum Gasteiger partial charge on any atom is 0.407 e. The molecule has 0 fully saturated rings. The Labute approximate surface area is 166 Å². The van der Waals surface area contributed by atoms with Gasteiger partial charge in [-0.15, -0.1) is 0 Å². The van der Waals surface area contributed by atoms with Gasteiger partial charge in [-0.25, -0.2) is 4.79 Å². The second-order valence-corrected chi connectivity index (χ2v) is 7.73. The van der Waals surface area contributed by atoms with Crippen LogP contribution in [0.1, 0.15) is 32.0 Å². The first-order chi connectivity index (χ1) is 13.3. The van der Waals surface area contributed by atoms with E-state index in [4.69, 9.17) is 4.74 Å². The quantitative estimate of drug-likeness (QED) is 0.633. The van der Waals surface area contributed by atoms with Crippen molar-refractivity contribution in [3.05, 3.63) is 78.1 Å². The Morgan fingerprint density at radius 2 is 1.64 bits per heavy atom. The molecule has 1 aromatic heterocycles. The number of alkyl carbamates (subject to hydrolysis) is 1. The first kappa shape index (κ1) is 19.6. The molecule has 0 saturated carbocycles. The molecule has 4 nitrogen and oxygen atoms in total. The van der Waals surface area contributed by atoms with E-state index < -0.39 is 11.7 Å². The lowest BCUT2D eigenvalue weighted by molar-refractivity contribution is 0.0523. The smallest absolute Gasteiger partial charge is 0.407 e. The van der Waals surface area contributed by atoms with Gasteiger partial charge in [-0.2, -0.15) is 0 Å². The van der Waals surface area contributed by atoms with Crippen molar-refractivity contribution in [2.45, 2.75) is 39.8 Å². The molecule has 1 heterocycles. The second kappa shape index (κ2) is 8.26. The molecule has 0 aliphatic carbocycles. The molecule has 0 aliphatic heterocycles. The average Bonchev–Trinajstić information content (AvgIpc) is 2.67. The monoisotopic (exact) mass is 374 g/mol. The number of pyridine rings is 1. The zero-order valence-electron chi connectivity index (χ0n) is 16.8. The first-order valence-electron chi connectivity index (χ1n) is 9.41. The van der Waals surface area contributed by atoms with E-state index in [1.807, 2.05) is 52.0 Å². The van der Waals surface area contributed by atoms with Crippen LogP contribution in [0.2, 0.25) is 0 Å². The third-order valence-corrected chi connectivity index (χ3v) is 4.39. The van der Waals surface area contributed by atoms with Gasteiger partial charge in [0.25, 0.3) is 0 Å². The molecule has 3 aromatic rings. The highest BCUT2D eigenvalue weighted by Crippen LogP contribution is 2.29. The predicted octanol–water partition coefficient (Wildman–Crippen LogP) is 5.75. The van der Waals surface area contributed by atoms with Crippen LogP contribution < -0.4 is 5.32 Å². The van der Waals surface area contributed by atoms with Gasteiger partial charge in [0.15, 0.2) is 0 Å². The number of amides is 1. The van der Waals surface area contributed by atoms with Crippen LogP contribution in [0.4, 0.5) is 4.79 Å². The van der Waals surface area contributed by atoms with E-state index in [2.05, 4.69) is 46.7 Å². The van der Waals surface area contributed by atoms with Crippen molar-refractivity contribution in [3.63, 3.8) is 0 Å². The van der Waals surface area contributed by atoms with E-state index in [9.17, 15) is 4.79 Å². The lowest BCUT2D eigenvalue weighted by atomic mass is 9.96. The highest BCUT2D eigenvalue weighted by Gasteiger charge is 2.16. The summed E-state index contributed by atoms with van der Waals surface area (Å²) < 4.78 is 5.30. The van der Waals surface area contributed by atoms with Crippen molar-refractivity contribution >= 4 is 6.09 Å². The molecule has 2 aromatic carbocycles. The minimum Gasteiger partial charge on any atom is -0.444 e. The average molecular weight is 374 g/mol. The van der Waals surface area contributed by atoms with Crippen LogP contribution in [-0.4, -0.2) is 16.7 Å². The fourth-order valence-corrected chi connectivity index (χ4v) is 3.04. The standard InChI is InChI=1S/C24H26N2O2/c1-17-21(13-14-25-22(17)16-26-23(27)28-24(2,3)4)20-12-8-11-19(15-20)18-9-6-5-7-10-18/h5-15H,16H2,1-4H3,(H,26,27). The van der Waals surface area contributed by atoms with Gasteiger partial charge in [-0.05, 0) is 67.6 Å². The normalized spacial score (nSPS) is 11.1. The minimum absolute atomic E-state index is 0.326. The van der Waals surface area contributed by atoms with Crippen LogP contribution in [0.15, 0.2) is 66.9 Å². The van der Waals surface area contributed by atoms with Gasteiger partial charge < -0.3 is 10.1 Å². The van der Waals surface area contributed by atoms with Crippen molar-refractivity contribution in [1.82, 2.24) is 10.3 Å².